The van der Waals surface area contributed by atoms with Gasteiger partial charge in [-0.3, -0.25) is 14.5 Å². The van der Waals surface area contributed by atoms with Crippen LogP contribution in [0.15, 0.2) is 82.0 Å². The maximum absolute atomic E-state index is 13.3. The summed E-state index contributed by atoms with van der Waals surface area (Å²) in [6.45, 7) is -0.595. The van der Waals surface area contributed by atoms with Crippen molar-refractivity contribution in [1.29, 1.82) is 0 Å². The van der Waals surface area contributed by atoms with Gasteiger partial charge in [0.25, 0.3) is 5.91 Å². The van der Waals surface area contributed by atoms with Gasteiger partial charge in [-0.15, -0.1) is 0 Å². The largest absolute Gasteiger partial charge is 0.465 e. The highest BCUT2D eigenvalue weighted by atomic mass is 32.2. The zero-order chi connectivity index (χ0) is 25.2. The molecule has 0 unspecified atom stereocenters. The minimum atomic E-state index is -2.96. The first-order valence-electron chi connectivity index (χ1n) is 11.2. The molecule has 2 aliphatic rings. The Bertz CT molecular complexity index is 1340. The first-order chi connectivity index (χ1) is 17.4. The number of amides is 2. The quantitative estimate of drug-likeness (QED) is 0.420. The van der Waals surface area contributed by atoms with E-state index < -0.39 is 17.8 Å². The van der Waals surface area contributed by atoms with E-state index in [1.165, 1.54) is 41.5 Å². The normalized spacial score (nSPS) is 17.1. The standard InChI is InChI=1S/C26H21F2N3O4S/c1-16(23(32)30-13-12-17-5-2-3-7-22(17)30)36-26-29-21(15-20-6-4-14-34-20)24(33)31(26)18-8-10-19(11-9-18)35-25(27)28/h2-11,14-16,25H,12-13H2,1H3/b21-15-/t16-/m1/s1. The van der Waals surface area contributed by atoms with Crippen molar-refractivity contribution in [3.63, 3.8) is 0 Å². The summed E-state index contributed by atoms with van der Waals surface area (Å²) in [6, 6.07) is 16.8. The molecule has 0 saturated heterocycles. The number of hydrogen-bond donors (Lipinski definition) is 0. The summed E-state index contributed by atoms with van der Waals surface area (Å²) in [5, 5.41) is -0.247. The van der Waals surface area contributed by atoms with E-state index in [0.717, 1.165) is 29.4 Å². The van der Waals surface area contributed by atoms with Crippen LogP contribution in [-0.4, -0.2) is 35.4 Å². The number of rotatable bonds is 6. The molecule has 0 fully saturated rings. The molecule has 0 saturated carbocycles. The van der Waals surface area contributed by atoms with Gasteiger partial charge in [0, 0.05) is 18.3 Å². The number of amidine groups is 1. The van der Waals surface area contributed by atoms with Crippen LogP contribution in [0.25, 0.3) is 6.08 Å². The molecule has 0 N–H and O–H groups in total. The number of thioether (sulfide) groups is 1. The number of benzene rings is 2. The van der Waals surface area contributed by atoms with Gasteiger partial charge < -0.3 is 14.1 Å². The Kier molecular flexibility index (Phi) is 6.60. The molecule has 3 heterocycles. The van der Waals surface area contributed by atoms with Crippen molar-refractivity contribution in [3.05, 3.63) is 83.9 Å². The number of carbonyl (C=O) groups is 2. The van der Waals surface area contributed by atoms with Crippen molar-refractivity contribution < 1.29 is 27.5 Å². The highest BCUT2D eigenvalue weighted by Crippen LogP contribution is 2.34. The minimum Gasteiger partial charge on any atom is -0.465 e. The molecular formula is C26H21F2N3O4S. The highest BCUT2D eigenvalue weighted by molar-refractivity contribution is 8.15. The van der Waals surface area contributed by atoms with E-state index in [9.17, 15) is 18.4 Å². The van der Waals surface area contributed by atoms with Crippen molar-refractivity contribution in [2.75, 3.05) is 16.3 Å². The molecular weight excluding hydrogens is 488 g/mol. The van der Waals surface area contributed by atoms with E-state index in [0.29, 0.717) is 23.2 Å². The summed E-state index contributed by atoms with van der Waals surface area (Å²) < 4.78 is 34.8. The lowest BCUT2D eigenvalue weighted by atomic mass is 10.2. The zero-order valence-electron chi connectivity index (χ0n) is 19.1. The molecule has 3 aromatic rings. The third-order valence-electron chi connectivity index (χ3n) is 5.75. The van der Waals surface area contributed by atoms with Crippen LogP contribution in [0.4, 0.5) is 20.2 Å². The molecule has 2 aromatic carbocycles. The fraction of sp³-hybridized carbons (Fsp3) is 0.192. The van der Waals surface area contributed by atoms with Crippen LogP contribution in [0, 0.1) is 0 Å². The number of para-hydroxylation sites is 1. The van der Waals surface area contributed by atoms with Gasteiger partial charge in [-0.2, -0.15) is 8.78 Å². The van der Waals surface area contributed by atoms with Crippen molar-refractivity contribution in [2.24, 2.45) is 4.99 Å². The van der Waals surface area contributed by atoms with E-state index in [-0.39, 0.29) is 17.4 Å². The van der Waals surface area contributed by atoms with E-state index in [2.05, 4.69) is 9.73 Å². The van der Waals surface area contributed by atoms with Crippen LogP contribution in [0.5, 0.6) is 5.75 Å². The van der Waals surface area contributed by atoms with Gasteiger partial charge in [0.1, 0.15) is 17.2 Å². The van der Waals surface area contributed by atoms with Crippen LogP contribution < -0.4 is 14.5 Å². The van der Waals surface area contributed by atoms with Crippen molar-refractivity contribution in [1.82, 2.24) is 0 Å². The Morgan fingerprint density at radius 2 is 1.92 bits per heavy atom. The SMILES string of the molecule is C[C@@H](SC1=N/C(=C\c2ccco2)C(=O)N1c1ccc(OC(F)F)cc1)C(=O)N1CCc2ccccc21. The van der Waals surface area contributed by atoms with Gasteiger partial charge in [-0.05, 0) is 61.4 Å². The predicted molar refractivity (Wildman–Crippen MR) is 134 cm³/mol. The van der Waals surface area contributed by atoms with E-state index in [1.807, 2.05) is 24.3 Å². The molecule has 0 bridgehead atoms. The fourth-order valence-corrected chi connectivity index (χ4v) is 5.07. The summed E-state index contributed by atoms with van der Waals surface area (Å²) in [5.41, 5.74) is 2.55. The molecule has 0 spiro atoms. The number of ether oxygens (including phenoxy) is 1. The summed E-state index contributed by atoms with van der Waals surface area (Å²) in [4.78, 5) is 34.3. The minimum absolute atomic E-state index is 0.0332. The number of carbonyl (C=O) groups excluding carboxylic acids is 2. The molecule has 1 aromatic heterocycles. The van der Waals surface area contributed by atoms with Crippen molar-refractivity contribution in [3.8, 4) is 5.75 Å². The van der Waals surface area contributed by atoms with Gasteiger partial charge >= 0.3 is 6.61 Å². The van der Waals surface area contributed by atoms with Crippen LogP contribution in [0.1, 0.15) is 18.2 Å². The lowest BCUT2D eigenvalue weighted by Gasteiger charge is -2.23. The number of furan rings is 1. The third kappa shape index (κ3) is 4.76. The number of fused-ring (bicyclic) bond motifs is 1. The zero-order valence-corrected chi connectivity index (χ0v) is 20.0. The molecule has 0 aliphatic carbocycles. The second-order valence-corrected chi connectivity index (χ2v) is 9.39. The molecule has 2 aliphatic heterocycles. The van der Waals surface area contributed by atoms with Crippen LogP contribution in [0.3, 0.4) is 0 Å². The summed E-state index contributed by atoms with van der Waals surface area (Å²) in [5.74, 6) is -0.104. The average molecular weight is 510 g/mol. The Morgan fingerprint density at radius 3 is 2.64 bits per heavy atom. The van der Waals surface area contributed by atoms with Crippen molar-refractivity contribution in [2.45, 2.75) is 25.2 Å². The Morgan fingerprint density at radius 1 is 1.14 bits per heavy atom. The maximum Gasteiger partial charge on any atom is 0.387 e. The van der Waals surface area contributed by atoms with Crippen LogP contribution in [-0.2, 0) is 16.0 Å². The summed E-state index contributed by atoms with van der Waals surface area (Å²) >= 11 is 1.16. The number of nitrogens with zero attached hydrogens (tertiary/aromatic N) is 3. The number of halogens is 2. The molecule has 2 amide bonds. The average Bonchev–Trinajstić information content (AvgIpc) is 3.59. The molecule has 10 heteroatoms. The molecule has 5 rings (SSSR count). The second kappa shape index (κ2) is 9.98. The number of aliphatic imine (C=N–C) groups is 1. The number of hydrogen-bond acceptors (Lipinski definition) is 6. The third-order valence-corrected chi connectivity index (χ3v) is 6.79. The van der Waals surface area contributed by atoms with E-state index >= 15 is 0 Å². The Balaban J connectivity index is 1.42. The Hall–Kier alpha value is -3.92. The summed E-state index contributed by atoms with van der Waals surface area (Å²) in [7, 11) is 0. The molecule has 1 atom stereocenters. The predicted octanol–water partition coefficient (Wildman–Crippen LogP) is 5.34. The number of alkyl halides is 2. The highest BCUT2D eigenvalue weighted by Gasteiger charge is 2.36. The van der Waals surface area contributed by atoms with Gasteiger partial charge in [-0.25, -0.2) is 4.99 Å². The van der Waals surface area contributed by atoms with Crippen molar-refractivity contribution >= 4 is 46.2 Å². The topological polar surface area (TPSA) is 75.4 Å². The van der Waals surface area contributed by atoms with Gasteiger partial charge in [0.15, 0.2) is 5.17 Å². The first kappa shape index (κ1) is 23.8. The fourth-order valence-electron chi connectivity index (χ4n) is 4.08. The first-order valence-corrected chi connectivity index (χ1v) is 12.1. The van der Waals surface area contributed by atoms with Gasteiger partial charge in [0.05, 0.1) is 17.2 Å². The summed E-state index contributed by atoms with van der Waals surface area (Å²) in [6.07, 6.45) is 3.79. The maximum atomic E-state index is 13.3. The smallest absolute Gasteiger partial charge is 0.387 e. The lowest BCUT2D eigenvalue weighted by molar-refractivity contribution is -0.117. The van der Waals surface area contributed by atoms with Gasteiger partial charge in [-0.1, -0.05) is 30.0 Å². The van der Waals surface area contributed by atoms with E-state index in [1.54, 1.807) is 24.0 Å². The molecule has 7 nitrogen and oxygen atoms in total. The van der Waals surface area contributed by atoms with E-state index in [4.69, 9.17) is 4.42 Å². The van der Waals surface area contributed by atoms with Crippen LogP contribution >= 0.6 is 11.8 Å². The van der Waals surface area contributed by atoms with Crippen LogP contribution in [0.2, 0.25) is 0 Å². The number of anilines is 2. The lowest BCUT2D eigenvalue weighted by Crippen LogP contribution is -2.38. The van der Waals surface area contributed by atoms with Gasteiger partial charge in [0.2, 0.25) is 5.91 Å². The molecule has 0 radical (unpaired) electrons. The monoisotopic (exact) mass is 509 g/mol. The Labute approximate surface area is 210 Å². The second-order valence-electron chi connectivity index (χ2n) is 8.08. The molecule has 184 valence electrons. The molecule has 36 heavy (non-hydrogen) atoms.